The molecule has 1 amide bonds. The van der Waals surface area contributed by atoms with Crippen LogP contribution in [0.4, 0.5) is 0 Å². The third kappa shape index (κ3) is 2.97. The number of amides is 1. The quantitative estimate of drug-likeness (QED) is 0.783. The Kier molecular flexibility index (Phi) is 3.74. The number of rotatable bonds is 3. The van der Waals surface area contributed by atoms with E-state index in [4.69, 9.17) is 9.52 Å². The molecule has 1 aromatic carbocycles. The molecule has 3 N–H and O–H groups in total. The monoisotopic (exact) mass is 275 g/mol. The summed E-state index contributed by atoms with van der Waals surface area (Å²) in [6.07, 6.45) is 0. The van der Waals surface area contributed by atoms with E-state index in [1.165, 1.54) is 19.1 Å². The van der Waals surface area contributed by atoms with Crippen LogP contribution in [0.1, 0.15) is 21.9 Å². The number of aromatic hydroxyl groups is 2. The number of phenolic OH excluding ortho intramolecular Hbond substituents is 1. The Bertz CT molecular complexity index is 688. The minimum atomic E-state index is -0.709. The van der Waals surface area contributed by atoms with Gasteiger partial charge in [-0.3, -0.25) is 9.59 Å². The van der Waals surface area contributed by atoms with Crippen molar-refractivity contribution in [3.05, 3.63) is 57.6 Å². The Balaban J connectivity index is 2.13. The van der Waals surface area contributed by atoms with Crippen LogP contribution in [0.2, 0.25) is 0 Å². The summed E-state index contributed by atoms with van der Waals surface area (Å²) in [6.45, 7) is 1.69. The molecule has 0 aliphatic rings. The highest BCUT2D eigenvalue weighted by Gasteiger charge is 2.17. The van der Waals surface area contributed by atoms with E-state index >= 15 is 0 Å². The topological polar surface area (TPSA) is 99.8 Å². The summed E-state index contributed by atoms with van der Waals surface area (Å²) in [4.78, 5) is 23.2. The maximum Gasteiger partial charge on any atom is 0.291 e. The lowest BCUT2D eigenvalue weighted by Gasteiger charge is -2.06. The van der Waals surface area contributed by atoms with Gasteiger partial charge in [0.25, 0.3) is 5.91 Å². The van der Waals surface area contributed by atoms with Crippen molar-refractivity contribution >= 4 is 5.91 Å². The van der Waals surface area contributed by atoms with Gasteiger partial charge in [-0.2, -0.15) is 0 Å². The number of phenols is 1. The minimum absolute atomic E-state index is 0.127. The summed E-state index contributed by atoms with van der Waals surface area (Å²) < 4.78 is 5.06. The second-order valence-electron chi connectivity index (χ2n) is 4.25. The van der Waals surface area contributed by atoms with E-state index in [9.17, 15) is 14.7 Å². The van der Waals surface area contributed by atoms with Gasteiger partial charge in [0, 0.05) is 12.6 Å². The molecule has 0 aliphatic carbocycles. The summed E-state index contributed by atoms with van der Waals surface area (Å²) in [5.74, 6) is -1.44. The predicted molar refractivity (Wildman–Crippen MR) is 70.7 cm³/mol. The van der Waals surface area contributed by atoms with Gasteiger partial charge < -0.3 is 19.9 Å². The highest BCUT2D eigenvalue weighted by Crippen LogP contribution is 2.14. The number of carbonyl (C=O) groups is 1. The Hall–Kier alpha value is -2.76. The van der Waals surface area contributed by atoms with E-state index in [1.807, 2.05) is 0 Å². The Labute approximate surface area is 114 Å². The number of nitrogens with one attached hydrogen (secondary N) is 1. The summed E-state index contributed by atoms with van der Waals surface area (Å²) >= 11 is 0. The number of carbonyl (C=O) groups excluding carboxylic acids is 1. The van der Waals surface area contributed by atoms with E-state index < -0.39 is 22.8 Å². The van der Waals surface area contributed by atoms with Crippen LogP contribution in [0.15, 0.2) is 39.5 Å². The first-order valence-corrected chi connectivity index (χ1v) is 5.87. The zero-order chi connectivity index (χ0) is 14.7. The third-order valence-electron chi connectivity index (χ3n) is 2.64. The van der Waals surface area contributed by atoms with E-state index in [-0.39, 0.29) is 18.1 Å². The van der Waals surface area contributed by atoms with Crippen molar-refractivity contribution in [3.8, 4) is 11.5 Å². The van der Waals surface area contributed by atoms with E-state index in [2.05, 4.69) is 5.32 Å². The minimum Gasteiger partial charge on any atom is -0.508 e. The van der Waals surface area contributed by atoms with Crippen molar-refractivity contribution in [1.29, 1.82) is 0 Å². The molecule has 0 atom stereocenters. The van der Waals surface area contributed by atoms with Crippen LogP contribution in [-0.2, 0) is 6.54 Å². The van der Waals surface area contributed by atoms with Gasteiger partial charge in [0.2, 0.25) is 16.9 Å². The first kappa shape index (κ1) is 13.7. The van der Waals surface area contributed by atoms with Crippen LogP contribution >= 0.6 is 0 Å². The van der Waals surface area contributed by atoms with Crippen LogP contribution < -0.4 is 10.7 Å². The highest BCUT2D eigenvalue weighted by molar-refractivity contribution is 5.93. The summed E-state index contributed by atoms with van der Waals surface area (Å²) in [6, 6.07) is 7.37. The molecule has 0 bridgehead atoms. The van der Waals surface area contributed by atoms with Crippen LogP contribution in [0, 0.1) is 6.92 Å². The fourth-order valence-corrected chi connectivity index (χ4v) is 1.63. The summed E-state index contributed by atoms with van der Waals surface area (Å²) in [5.41, 5.74) is 0.0918. The normalized spacial score (nSPS) is 10.2. The maximum atomic E-state index is 11.9. The second-order valence-corrected chi connectivity index (χ2v) is 4.25. The molecule has 6 nitrogen and oxygen atoms in total. The first-order chi connectivity index (χ1) is 9.47. The molecule has 104 valence electrons. The number of aryl methyl sites for hydroxylation is 1. The summed E-state index contributed by atoms with van der Waals surface area (Å²) in [5, 5.41) is 21.2. The first-order valence-electron chi connectivity index (χ1n) is 5.87. The molecule has 2 aromatic rings. The molecule has 0 saturated carbocycles. The molecule has 0 saturated heterocycles. The molecule has 0 aliphatic heterocycles. The molecule has 1 aromatic heterocycles. The predicted octanol–water partition coefficient (Wildman–Crippen LogP) is 1.29. The zero-order valence-electron chi connectivity index (χ0n) is 10.7. The molecule has 0 spiro atoms. The molecule has 0 radical (unpaired) electrons. The second kappa shape index (κ2) is 5.48. The third-order valence-corrected chi connectivity index (χ3v) is 2.64. The SMILES string of the molecule is Cc1cc(=O)c(O)c(C(=O)NCc2ccc(O)cc2)o1. The number of hydrogen-bond acceptors (Lipinski definition) is 5. The van der Waals surface area contributed by atoms with Crippen LogP contribution in [0.5, 0.6) is 11.5 Å². The van der Waals surface area contributed by atoms with E-state index in [0.717, 1.165) is 11.6 Å². The lowest BCUT2D eigenvalue weighted by molar-refractivity contribution is 0.0913. The van der Waals surface area contributed by atoms with Crippen LogP contribution in [0.25, 0.3) is 0 Å². The Morgan fingerprint density at radius 1 is 1.25 bits per heavy atom. The lowest BCUT2D eigenvalue weighted by atomic mass is 10.2. The maximum absolute atomic E-state index is 11.9. The largest absolute Gasteiger partial charge is 0.508 e. The van der Waals surface area contributed by atoms with Crippen molar-refractivity contribution in [3.63, 3.8) is 0 Å². The van der Waals surface area contributed by atoms with Gasteiger partial charge in [-0.05, 0) is 24.6 Å². The van der Waals surface area contributed by atoms with Gasteiger partial charge in [0.05, 0.1) is 0 Å². The van der Waals surface area contributed by atoms with Crippen molar-refractivity contribution in [2.45, 2.75) is 13.5 Å². The van der Waals surface area contributed by atoms with Crippen LogP contribution in [0.3, 0.4) is 0 Å². The molecule has 2 rings (SSSR count). The van der Waals surface area contributed by atoms with E-state index in [0.29, 0.717) is 0 Å². The summed E-state index contributed by atoms with van der Waals surface area (Å²) in [7, 11) is 0. The fraction of sp³-hybridized carbons (Fsp3) is 0.143. The molecular formula is C14H13NO5. The number of hydrogen-bond donors (Lipinski definition) is 3. The molecule has 0 fully saturated rings. The molecule has 6 heteroatoms. The van der Waals surface area contributed by atoms with Gasteiger partial charge in [0.1, 0.15) is 11.5 Å². The Morgan fingerprint density at radius 3 is 2.55 bits per heavy atom. The molecule has 0 unspecified atom stereocenters. The van der Waals surface area contributed by atoms with Crippen molar-refractivity contribution in [2.75, 3.05) is 0 Å². The van der Waals surface area contributed by atoms with Gasteiger partial charge in [0.15, 0.2) is 0 Å². The van der Waals surface area contributed by atoms with Crippen molar-refractivity contribution in [1.82, 2.24) is 5.32 Å². The Morgan fingerprint density at radius 2 is 1.90 bits per heavy atom. The van der Waals surface area contributed by atoms with Crippen LogP contribution in [-0.4, -0.2) is 16.1 Å². The highest BCUT2D eigenvalue weighted by atomic mass is 16.4. The average Bonchev–Trinajstić information content (AvgIpc) is 2.42. The standard InChI is InChI=1S/C14H13NO5/c1-8-6-11(17)12(18)13(20-8)14(19)15-7-9-2-4-10(16)5-3-9/h2-6,16,18H,7H2,1H3,(H,15,19). The van der Waals surface area contributed by atoms with Crippen molar-refractivity contribution in [2.24, 2.45) is 0 Å². The number of benzene rings is 1. The molecular weight excluding hydrogens is 262 g/mol. The van der Waals surface area contributed by atoms with Gasteiger partial charge in [-0.1, -0.05) is 12.1 Å². The zero-order valence-corrected chi connectivity index (χ0v) is 10.7. The van der Waals surface area contributed by atoms with Gasteiger partial charge in [-0.25, -0.2) is 0 Å². The van der Waals surface area contributed by atoms with E-state index in [1.54, 1.807) is 12.1 Å². The molecule has 20 heavy (non-hydrogen) atoms. The average molecular weight is 275 g/mol. The smallest absolute Gasteiger partial charge is 0.291 e. The van der Waals surface area contributed by atoms with Gasteiger partial charge in [-0.15, -0.1) is 0 Å². The molecule has 1 heterocycles. The lowest BCUT2D eigenvalue weighted by Crippen LogP contribution is -2.24. The van der Waals surface area contributed by atoms with Gasteiger partial charge >= 0.3 is 0 Å². The van der Waals surface area contributed by atoms with Crippen molar-refractivity contribution < 1.29 is 19.4 Å². The fourth-order valence-electron chi connectivity index (χ4n) is 1.63.